The van der Waals surface area contributed by atoms with Gasteiger partial charge in [-0.3, -0.25) is 9.59 Å². The Balaban J connectivity index is 2.09. The minimum atomic E-state index is -1.44. The molecule has 0 aliphatic rings. The molecular formula is C18H15N2O5-. The minimum absolute atomic E-state index is 0.154. The summed E-state index contributed by atoms with van der Waals surface area (Å²) in [7, 11) is 0. The van der Waals surface area contributed by atoms with Crippen LogP contribution in [0.1, 0.15) is 11.3 Å². The van der Waals surface area contributed by atoms with Crippen molar-refractivity contribution < 1.29 is 23.9 Å². The van der Waals surface area contributed by atoms with Gasteiger partial charge in [0, 0.05) is 12.2 Å². The average Bonchev–Trinajstić information content (AvgIpc) is 3.11. The second kappa shape index (κ2) is 8.88. The molecule has 25 heavy (non-hydrogen) atoms. The number of carboxylic acids is 1. The molecule has 128 valence electrons. The lowest BCUT2D eigenvalue weighted by Gasteiger charge is -2.09. The highest BCUT2D eigenvalue weighted by atomic mass is 16.4. The Morgan fingerprint density at radius 2 is 1.84 bits per heavy atom. The fourth-order valence-electron chi connectivity index (χ4n) is 1.83. The summed E-state index contributed by atoms with van der Waals surface area (Å²) in [6.45, 7) is -0.677. The first-order valence-corrected chi connectivity index (χ1v) is 7.32. The van der Waals surface area contributed by atoms with Crippen LogP contribution >= 0.6 is 0 Å². The zero-order valence-corrected chi connectivity index (χ0v) is 13.1. The third-order valence-corrected chi connectivity index (χ3v) is 2.95. The Morgan fingerprint density at radius 3 is 2.48 bits per heavy atom. The highest BCUT2D eigenvalue weighted by Crippen LogP contribution is 2.06. The predicted molar refractivity (Wildman–Crippen MR) is 88.3 cm³/mol. The van der Waals surface area contributed by atoms with Crippen LogP contribution in [-0.2, 0) is 14.4 Å². The molecule has 1 heterocycles. The molecule has 0 aliphatic heterocycles. The summed E-state index contributed by atoms with van der Waals surface area (Å²) in [6.07, 6.45) is 5.54. The highest BCUT2D eigenvalue weighted by molar-refractivity contribution is 6.04. The van der Waals surface area contributed by atoms with Crippen molar-refractivity contribution in [2.75, 3.05) is 6.54 Å². The molecule has 0 saturated carbocycles. The van der Waals surface area contributed by atoms with Gasteiger partial charge in [-0.25, -0.2) is 0 Å². The molecule has 0 bridgehead atoms. The van der Waals surface area contributed by atoms with Crippen molar-refractivity contribution in [2.24, 2.45) is 0 Å². The van der Waals surface area contributed by atoms with Gasteiger partial charge >= 0.3 is 0 Å². The molecule has 1 aromatic heterocycles. The number of hydrogen-bond donors (Lipinski definition) is 2. The number of benzene rings is 1. The van der Waals surface area contributed by atoms with Gasteiger partial charge in [0.1, 0.15) is 11.5 Å². The highest BCUT2D eigenvalue weighted by Gasteiger charge is 2.12. The van der Waals surface area contributed by atoms with Crippen LogP contribution < -0.4 is 15.7 Å². The van der Waals surface area contributed by atoms with E-state index in [1.165, 1.54) is 18.4 Å². The van der Waals surface area contributed by atoms with Gasteiger partial charge in [0.15, 0.2) is 0 Å². The molecule has 2 rings (SSSR count). The molecule has 0 saturated heterocycles. The lowest BCUT2D eigenvalue weighted by atomic mass is 10.2. The second-order valence-corrected chi connectivity index (χ2v) is 4.86. The Kier molecular flexibility index (Phi) is 6.30. The van der Waals surface area contributed by atoms with Crippen LogP contribution in [0.4, 0.5) is 0 Å². The molecule has 7 nitrogen and oxygen atoms in total. The Morgan fingerprint density at radius 1 is 1.08 bits per heavy atom. The summed E-state index contributed by atoms with van der Waals surface area (Å²) in [5.41, 5.74) is 0.662. The van der Waals surface area contributed by atoms with Crippen molar-refractivity contribution in [2.45, 2.75) is 0 Å². The van der Waals surface area contributed by atoms with E-state index < -0.39 is 24.3 Å². The largest absolute Gasteiger partial charge is 0.548 e. The molecule has 2 N–H and O–H groups in total. The lowest BCUT2D eigenvalue weighted by Crippen LogP contribution is -2.41. The molecule has 0 atom stereocenters. The molecule has 0 unspecified atom stereocenters. The van der Waals surface area contributed by atoms with Crippen LogP contribution in [0.25, 0.3) is 12.2 Å². The SMILES string of the molecule is O=C([O-])CNC(=O)/C(=C/c1ccco1)NC(=O)/C=C/c1ccccc1. The number of furan rings is 1. The fourth-order valence-corrected chi connectivity index (χ4v) is 1.83. The van der Waals surface area contributed by atoms with Crippen molar-refractivity contribution in [3.63, 3.8) is 0 Å². The maximum absolute atomic E-state index is 12.0. The number of carboxylic acid groups (broad SMARTS) is 1. The molecule has 2 amide bonds. The van der Waals surface area contributed by atoms with E-state index in [4.69, 9.17) is 4.42 Å². The molecule has 2 aromatic rings. The Labute approximate surface area is 143 Å². The summed E-state index contributed by atoms with van der Waals surface area (Å²) >= 11 is 0. The summed E-state index contributed by atoms with van der Waals surface area (Å²) in [6, 6.07) is 12.3. The zero-order chi connectivity index (χ0) is 18.1. The number of carbonyl (C=O) groups excluding carboxylic acids is 3. The van der Waals surface area contributed by atoms with Crippen LogP contribution in [0.5, 0.6) is 0 Å². The van der Waals surface area contributed by atoms with Gasteiger partial charge in [0.25, 0.3) is 5.91 Å². The standard InChI is InChI=1S/C18H16N2O5/c21-16(9-8-13-5-2-1-3-6-13)20-15(11-14-7-4-10-25-14)18(24)19-12-17(22)23/h1-11H,12H2,(H,19,24)(H,20,21)(H,22,23)/p-1/b9-8+,15-11-. The molecule has 0 spiro atoms. The number of carbonyl (C=O) groups is 3. The van der Waals surface area contributed by atoms with Gasteiger partial charge in [-0.15, -0.1) is 0 Å². The number of rotatable bonds is 7. The van der Waals surface area contributed by atoms with Crippen LogP contribution in [0, 0.1) is 0 Å². The van der Waals surface area contributed by atoms with Crippen LogP contribution in [-0.4, -0.2) is 24.3 Å². The average molecular weight is 339 g/mol. The van der Waals surface area contributed by atoms with Crippen molar-refractivity contribution in [3.8, 4) is 0 Å². The summed E-state index contributed by atoms with van der Waals surface area (Å²) < 4.78 is 5.10. The van der Waals surface area contributed by atoms with Crippen molar-refractivity contribution in [1.82, 2.24) is 10.6 Å². The van der Waals surface area contributed by atoms with E-state index in [9.17, 15) is 19.5 Å². The zero-order valence-electron chi connectivity index (χ0n) is 13.1. The topological polar surface area (TPSA) is 111 Å². The molecule has 0 aliphatic carbocycles. The number of nitrogens with one attached hydrogen (secondary N) is 2. The normalized spacial score (nSPS) is 11.3. The lowest BCUT2D eigenvalue weighted by molar-refractivity contribution is -0.303. The monoisotopic (exact) mass is 339 g/mol. The third-order valence-electron chi connectivity index (χ3n) is 2.95. The van der Waals surface area contributed by atoms with Crippen LogP contribution in [0.2, 0.25) is 0 Å². The first-order valence-electron chi connectivity index (χ1n) is 7.32. The van der Waals surface area contributed by atoms with Crippen LogP contribution in [0.3, 0.4) is 0 Å². The number of amides is 2. The van der Waals surface area contributed by atoms with E-state index in [1.807, 2.05) is 30.3 Å². The molecule has 0 fully saturated rings. The smallest absolute Gasteiger partial charge is 0.268 e. The Bertz CT molecular complexity index is 792. The van der Waals surface area contributed by atoms with Crippen LogP contribution in [0.15, 0.2) is 64.9 Å². The first kappa shape index (κ1) is 17.7. The predicted octanol–water partition coefficient (Wildman–Crippen LogP) is 0.316. The maximum atomic E-state index is 12.0. The molecule has 0 radical (unpaired) electrons. The van der Waals surface area contributed by atoms with Gasteiger partial charge < -0.3 is 25.0 Å². The van der Waals surface area contributed by atoms with E-state index in [0.29, 0.717) is 5.76 Å². The van der Waals surface area contributed by atoms with Gasteiger partial charge in [0.2, 0.25) is 5.91 Å². The molecule has 1 aromatic carbocycles. The van der Waals surface area contributed by atoms with E-state index in [2.05, 4.69) is 10.6 Å². The second-order valence-electron chi connectivity index (χ2n) is 4.86. The van der Waals surface area contributed by atoms with Crippen molar-refractivity contribution in [3.05, 3.63) is 71.8 Å². The third kappa shape index (κ3) is 6.19. The van der Waals surface area contributed by atoms with Gasteiger partial charge in [-0.1, -0.05) is 30.3 Å². The first-order chi connectivity index (χ1) is 12.0. The number of aliphatic carboxylic acids is 1. The summed E-state index contributed by atoms with van der Waals surface area (Å²) in [5, 5.41) is 15.0. The van der Waals surface area contributed by atoms with Gasteiger partial charge in [-0.2, -0.15) is 0 Å². The van der Waals surface area contributed by atoms with Crippen molar-refractivity contribution in [1.29, 1.82) is 0 Å². The van der Waals surface area contributed by atoms with E-state index in [0.717, 1.165) is 5.56 Å². The van der Waals surface area contributed by atoms with E-state index in [-0.39, 0.29) is 5.70 Å². The van der Waals surface area contributed by atoms with Crippen molar-refractivity contribution >= 4 is 29.9 Å². The van der Waals surface area contributed by atoms with E-state index in [1.54, 1.807) is 18.2 Å². The molecular weight excluding hydrogens is 324 g/mol. The molecule has 7 heteroatoms. The quantitative estimate of drug-likeness (QED) is 0.706. The minimum Gasteiger partial charge on any atom is -0.548 e. The number of hydrogen-bond acceptors (Lipinski definition) is 5. The summed E-state index contributed by atoms with van der Waals surface area (Å²) in [5.74, 6) is -2.45. The van der Waals surface area contributed by atoms with Gasteiger partial charge in [0.05, 0.1) is 18.8 Å². The van der Waals surface area contributed by atoms with Gasteiger partial charge in [-0.05, 0) is 23.8 Å². The van der Waals surface area contributed by atoms with E-state index >= 15 is 0 Å². The summed E-state index contributed by atoms with van der Waals surface area (Å²) in [4.78, 5) is 34.5. The Hall–Kier alpha value is -3.61. The fraction of sp³-hybridized carbons (Fsp3) is 0.0556. The maximum Gasteiger partial charge on any atom is 0.268 e.